The fourth-order valence-electron chi connectivity index (χ4n) is 1.33. The first-order valence-electron chi connectivity index (χ1n) is 3.83. The fourth-order valence-corrected chi connectivity index (χ4v) is 2.48. The van der Waals surface area contributed by atoms with E-state index in [1.807, 2.05) is 6.92 Å². The van der Waals surface area contributed by atoms with Gasteiger partial charge in [-0.3, -0.25) is 4.72 Å². The molecule has 0 spiro atoms. The van der Waals surface area contributed by atoms with E-state index in [2.05, 4.69) is 34.7 Å². The summed E-state index contributed by atoms with van der Waals surface area (Å²) in [5, 5.41) is 1.14. The zero-order valence-electron chi connectivity index (χ0n) is 6.74. The van der Waals surface area contributed by atoms with E-state index >= 15 is 0 Å². The second-order valence-electron chi connectivity index (χ2n) is 2.84. The average Bonchev–Trinajstić information content (AvgIpc) is 2.43. The van der Waals surface area contributed by atoms with Gasteiger partial charge in [0.2, 0.25) is 0 Å². The van der Waals surface area contributed by atoms with E-state index in [-0.39, 0.29) is 0 Å². The smallest absolute Gasteiger partial charge is 0.0904 e. The predicted molar refractivity (Wildman–Crippen MR) is 55.5 cm³/mol. The van der Waals surface area contributed by atoms with E-state index < -0.39 is 0 Å². The molecular weight excluding hydrogens is 188 g/mol. The van der Waals surface area contributed by atoms with Crippen LogP contribution in [0.1, 0.15) is 15.6 Å². The van der Waals surface area contributed by atoms with Crippen LogP contribution in [0.2, 0.25) is 0 Å². The summed E-state index contributed by atoms with van der Waals surface area (Å²) >= 11 is 5.82. The van der Waals surface area contributed by atoms with Gasteiger partial charge in [-0.05, 0) is 13.0 Å². The van der Waals surface area contributed by atoms with Gasteiger partial charge >= 0.3 is 0 Å². The Morgan fingerprint density at radius 3 is 3.33 bits per heavy atom. The van der Waals surface area contributed by atoms with E-state index in [0.717, 1.165) is 17.1 Å². The highest BCUT2D eigenvalue weighted by Crippen LogP contribution is 2.24. The molecule has 1 N–H and O–H groups in total. The number of aromatic nitrogens is 1. The minimum Gasteiger partial charge on any atom is -0.260 e. The Bertz CT molecular complexity index is 317. The van der Waals surface area contributed by atoms with Crippen LogP contribution in [-0.4, -0.2) is 11.0 Å². The molecule has 0 aliphatic heterocycles. The van der Waals surface area contributed by atoms with Crippen molar-refractivity contribution in [3.8, 4) is 0 Å². The Balaban J connectivity index is 2.31. The molecule has 1 atom stereocenters. The van der Waals surface area contributed by atoms with Gasteiger partial charge in [-0.15, -0.1) is 11.3 Å². The van der Waals surface area contributed by atoms with Crippen LogP contribution in [-0.2, 0) is 6.42 Å². The van der Waals surface area contributed by atoms with Crippen LogP contribution in [0, 0.1) is 6.92 Å². The lowest BCUT2D eigenvalue weighted by atomic mass is 10.1. The summed E-state index contributed by atoms with van der Waals surface area (Å²) in [6, 6.07) is 0.362. The van der Waals surface area contributed by atoms with Crippen LogP contribution >= 0.6 is 24.2 Å². The fraction of sp³-hybridized carbons (Fsp3) is 0.375. The Morgan fingerprint density at radius 1 is 1.75 bits per heavy atom. The number of nitrogens with one attached hydrogen (secondary N) is 1. The standard InChI is InChI=1S/C8H10N2S2/c1-5-9-7-3-2-6(10-11)4-8(7)12-5/h2-3,6,10-11H,4H2,1H3. The molecule has 1 aromatic rings. The third-order valence-corrected chi connectivity index (χ3v) is 3.23. The first-order chi connectivity index (χ1) is 5.79. The summed E-state index contributed by atoms with van der Waals surface area (Å²) in [7, 11) is 0. The van der Waals surface area contributed by atoms with Crippen LogP contribution in [0.15, 0.2) is 6.08 Å². The number of hydrogen-bond acceptors (Lipinski definition) is 4. The molecule has 0 bridgehead atoms. The molecule has 64 valence electrons. The van der Waals surface area contributed by atoms with Gasteiger partial charge in [0.25, 0.3) is 0 Å². The van der Waals surface area contributed by atoms with Gasteiger partial charge in [0.05, 0.1) is 10.7 Å². The van der Waals surface area contributed by atoms with Gasteiger partial charge in [0.1, 0.15) is 0 Å². The van der Waals surface area contributed by atoms with Crippen molar-refractivity contribution in [2.75, 3.05) is 0 Å². The molecule has 1 aliphatic rings. The van der Waals surface area contributed by atoms with Crippen molar-refractivity contribution in [3.05, 3.63) is 21.7 Å². The molecule has 1 heterocycles. The Kier molecular flexibility index (Phi) is 2.21. The first kappa shape index (κ1) is 8.29. The van der Waals surface area contributed by atoms with Crippen molar-refractivity contribution < 1.29 is 0 Å². The van der Waals surface area contributed by atoms with Gasteiger partial charge in [-0.25, -0.2) is 4.98 Å². The molecule has 4 heteroatoms. The monoisotopic (exact) mass is 198 g/mol. The third-order valence-electron chi connectivity index (χ3n) is 1.89. The van der Waals surface area contributed by atoms with Crippen LogP contribution in [0.3, 0.4) is 0 Å². The maximum Gasteiger partial charge on any atom is 0.0904 e. The Labute approximate surface area is 81.3 Å². The van der Waals surface area contributed by atoms with Gasteiger partial charge < -0.3 is 0 Å². The van der Waals surface area contributed by atoms with Crippen molar-refractivity contribution in [3.63, 3.8) is 0 Å². The highest BCUT2D eigenvalue weighted by molar-refractivity contribution is 7.78. The van der Waals surface area contributed by atoms with Crippen molar-refractivity contribution >= 4 is 30.2 Å². The second kappa shape index (κ2) is 3.20. The molecular formula is C8H10N2S2. The Morgan fingerprint density at radius 2 is 2.58 bits per heavy atom. The number of thiazole rings is 1. The molecule has 0 amide bonds. The summed E-state index contributed by atoms with van der Waals surface area (Å²) in [5.74, 6) is 0. The molecule has 1 aromatic heterocycles. The Hall–Kier alpha value is -0.320. The number of aryl methyl sites for hydroxylation is 1. The van der Waals surface area contributed by atoms with Crippen LogP contribution in [0.5, 0.6) is 0 Å². The number of nitrogens with zero attached hydrogens (tertiary/aromatic N) is 1. The molecule has 1 unspecified atom stereocenters. The average molecular weight is 198 g/mol. The normalized spacial score (nSPS) is 21.0. The number of rotatable bonds is 1. The van der Waals surface area contributed by atoms with Crippen LogP contribution < -0.4 is 4.72 Å². The summed E-state index contributed by atoms with van der Waals surface area (Å²) in [4.78, 5) is 5.76. The number of hydrogen-bond donors (Lipinski definition) is 2. The maximum absolute atomic E-state index is 4.40. The lowest BCUT2D eigenvalue weighted by Gasteiger charge is -2.13. The molecule has 0 aromatic carbocycles. The highest BCUT2D eigenvalue weighted by Gasteiger charge is 2.15. The second-order valence-corrected chi connectivity index (χ2v) is 4.39. The SMILES string of the molecule is Cc1nc2c(s1)CC(NS)C=C2. The van der Waals surface area contributed by atoms with Crippen molar-refractivity contribution in [1.29, 1.82) is 0 Å². The molecule has 0 saturated heterocycles. The topological polar surface area (TPSA) is 24.9 Å². The number of fused-ring (bicyclic) bond motifs is 1. The lowest BCUT2D eigenvalue weighted by Crippen LogP contribution is -2.22. The molecule has 12 heavy (non-hydrogen) atoms. The van der Waals surface area contributed by atoms with Gasteiger partial charge in [0, 0.05) is 17.3 Å². The largest absolute Gasteiger partial charge is 0.260 e. The highest BCUT2D eigenvalue weighted by atomic mass is 32.1. The van der Waals surface area contributed by atoms with E-state index in [9.17, 15) is 0 Å². The molecule has 0 radical (unpaired) electrons. The minimum absolute atomic E-state index is 0.362. The van der Waals surface area contributed by atoms with Gasteiger partial charge in [0.15, 0.2) is 0 Å². The predicted octanol–water partition coefficient (Wildman–Crippen LogP) is 1.82. The molecule has 2 rings (SSSR count). The first-order valence-corrected chi connectivity index (χ1v) is 5.10. The third kappa shape index (κ3) is 1.42. The summed E-state index contributed by atoms with van der Waals surface area (Å²) in [6.07, 6.45) is 5.19. The quantitative estimate of drug-likeness (QED) is 0.673. The van der Waals surface area contributed by atoms with Crippen LogP contribution in [0.4, 0.5) is 0 Å². The van der Waals surface area contributed by atoms with Crippen molar-refractivity contribution in [2.24, 2.45) is 0 Å². The minimum atomic E-state index is 0.362. The molecule has 0 fully saturated rings. The molecule has 0 saturated carbocycles. The lowest BCUT2D eigenvalue weighted by molar-refractivity contribution is 0.761. The molecule has 2 nitrogen and oxygen atoms in total. The maximum atomic E-state index is 4.40. The van der Waals surface area contributed by atoms with E-state index in [4.69, 9.17) is 0 Å². The van der Waals surface area contributed by atoms with Crippen molar-refractivity contribution in [1.82, 2.24) is 9.71 Å². The summed E-state index contributed by atoms with van der Waals surface area (Å²) in [5.41, 5.74) is 1.14. The van der Waals surface area contributed by atoms with E-state index in [1.54, 1.807) is 11.3 Å². The molecule has 1 aliphatic carbocycles. The van der Waals surface area contributed by atoms with Crippen molar-refractivity contribution in [2.45, 2.75) is 19.4 Å². The van der Waals surface area contributed by atoms with E-state index in [1.165, 1.54) is 4.88 Å². The van der Waals surface area contributed by atoms with Crippen LogP contribution in [0.25, 0.3) is 6.08 Å². The van der Waals surface area contributed by atoms with Gasteiger partial charge in [-0.1, -0.05) is 18.9 Å². The zero-order valence-corrected chi connectivity index (χ0v) is 8.45. The number of thiol groups is 1. The van der Waals surface area contributed by atoms with Gasteiger partial charge in [-0.2, -0.15) is 0 Å². The summed E-state index contributed by atoms with van der Waals surface area (Å²) < 4.78 is 2.94. The zero-order chi connectivity index (χ0) is 8.55. The van der Waals surface area contributed by atoms with E-state index in [0.29, 0.717) is 6.04 Å². The summed E-state index contributed by atoms with van der Waals surface area (Å²) in [6.45, 7) is 2.04.